The molecular weight excluding hydrogens is 264 g/mol. The Labute approximate surface area is 114 Å². The van der Waals surface area contributed by atoms with E-state index in [1.165, 1.54) is 18.5 Å². The van der Waals surface area contributed by atoms with Crippen molar-refractivity contribution in [2.45, 2.75) is 51.0 Å². The van der Waals surface area contributed by atoms with Crippen molar-refractivity contribution < 1.29 is 8.42 Å². The van der Waals surface area contributed by atoms with Crippen LogP contribution in [0.4, 0.5) is 0 Å². The molecule has 1 heterocycles. The molecule has 0 saturated heterocycles. The SMILES string of the molecule is CC(C)CCCC(C)NS(=O)(=O)c1c[nH]ccc1=O. The first-order chi connectivity index (χ1) is 8.83. The Bertz CT molecular complexity index is 549. The molecule has 0 saturated carbocycles. The number of pyridine rings is 1. The molecule has 0 aliphatic rings. The summed E-state index contributed by atoms with van der Waals surface area (Å²) in [6, 6.07) is 1.03. The van der Waals surface area contributed by atoms with Gasteiger partial charge in [0.15, 0.2) is 0 Å². The molecule has 19 heavy (non-hydrogen) atoms. The largest absolute Gasteiger partial charge is 0.366 e. The Morgan fingerprint density at radius 3 is 2.53 bits per heavy atom. The van der Waals surface area contributed by atoms with Crippen LogP contribution in [0.5, 0.6) is 0 Å². The second-order valence-electron chi connectivity index (χ2n) is 5.22. The monoisotopic (exact) mass is 286 g/mol. The summed E-state index contributed by atoms with van der Waals surface area (Å²) in [5.41, 5.74) is -0.499. The van der Waals surface area contributed by atoms with Gasteiger partial charge >= 0.3 is 0 Å². The van der Waals surface area contributed by atoms with Gasteiger partial charge in [-0.3, -0.25) is 4.79 Å². The predicted octanol–water partition coefficient (Wildman–Crippen LogP) is 1.87. The third kappa shape index (κ3) is 5.16. The molecule has 2 N–H and O–H groups in total. The van der Waals surface area contributed by atoms with Crippen LogP contribution < -0.4 is 10.2 Å². The molecule has 0 spiro atoms. The zero-order chi connectivity index (χ0) is 14.5. The van der Waals surface area contributed by atoms with Gasteiger partial charge in [0, 0.05) is 24.5 Å². The molecule has 1 unspecified atom stereocenters. The lowest BCUT2D eigenvalue weighted by atomic mass is 10.0. The summed E-state index contributed by atoms with van der Waals surface area (Å²) in [7, 11) is -3.73. The number of hydrogen-bond acceptors (Lipinski definition) is 3. The van der Waals surface area contributed by atoms with E-state index < -0.39 is 15.5 Å². The molecule has 0 aliphatic heterocycles. The van der Waals surface area contributed by atoms with E-state index in [1.54, 1.807) is 0 Å². The molecule has 1 rings (SSSR count). The summed E-state index contributed by atoms with van der Waals surface area (Å²) in [5, 5.41) is 0. The molecule has 108 valence electrons. The van der Waals surface area contributed by atoms with E-state index in [2.05, 4.69) is 23.6 Å². The first-order valence-electron chi connectivity index (χ1n) is 6.52. The summed E-state index contributed by atoms with van der Waals surface area (Å²) < 4.78 is 26.6. The number of hydrogen-bond donors (Lipinski definition) is 2. The average molecular weight is 286 g/mol. The van der Waals surface area contributed by atoms with Crippen LogP contribution in [0.3, 0.4) is 0 Å². The third-order valence-corrected chi connectivity index (χ3v) is 4.46. The Morgan fingerprint density at radius 1 is 1.26 bits per heavy atom. The predicted molar refractivity (Wildman–Crippen MR) is 75.5 cm³/mol. The van der Waals surface area contributed by atoms with Crippen molar-refractivity contribution in [2.75, 3.05) is 0 Å². The van der Waals surface area contributed by atoms with Crippen molar-refractivity contribution in [2.24, 2.45) is 5.92 Å². The van der Waals surface area contributed by atoms with Crippen molar-refractivity contribution in [3.05, 3.63) is 28.7 Å². The number of H-pyrrole nitrogens is 1. The second-order valence-corrected chi connectivity index (χ2v) is 6.90. The Hall–Kier alpha value is -1.14. The van der Waals surface area contributed by atoms with Crippen LogP contribution in [0, 0.1) is 5.92 Å². The van der Waals surface area contributed by atoms with Crippen molar-refractivity contribution in [1.82, 2.24) is 9.71 Å². The van der Waals surface area contributed by atoms with Gasteiger partial charge in [-0.2, -0.15) is 0 Å². The number of aromatic amines is 1. The maximum Gasteiger partial charge on any atom is 0.246 e. The average Bonchev–Trinajstić information content (AvgIpc) is 2.27. The summed E-state index contributed by atoms with van der Waals surface area (Å²) in [5.74, 6) is 0.612. The van der Waals surface area contributed by atoms with E-state index in [4.69, 9.17) is 0 Å². The quantitative estimate of drug-likeness (QED) is 0.803. The fourth-order valence-corrected chi connectivity index (χ4v) is 3.16. The minimum absolute atomic E-state index is 0.177. The maximum atomic E-state index is 12.0. The van der Waals surface area contributed by atoms with Gasteiger partial charge in [0.05, 0.1) is 0 Å². The van der Waals surface area contributed by atoms with Crippen LogP contribution in [-0.2, 0) is 10.0 Å². The van der Waals surface area contributed by atoms with Gasteiger partial charge < -0.3 is 4.98 Å². The number of nitrogens with one attached hydrogen (secondary N) is 2. The molecule has 0 aromatic carbocycles. The molecule has 0 fully saturated rings. The molecule has 0 bridgehead atoms. The van der Waals surface area contributed by atoms with Gasteiger partial charge in [0.2, 0.25) is 15.5 Å². The lowest BCUT2D eigenvalue weighted by molar-refractivity contribution is 0.488. The van der Waals surface area contributed by atoms with Crippen LogP contribution >= 0.6 is 0 Å². The summed E-state index contributed by atoms with van der Waals surface area (Å²) in [6.45, 7) is 6.09. The van der Waals surface area contributed by atoms with Crippen LogP contribution in [0.15, 0.2) is 28.2 Å². The number of sulfonamides is 1. The van der Waals surface area contributed by atoms with Crippen LogP contribution in [0.25, 0.3) is 0 Å². The van der Waals surface area contributed by atoms with Gasteiger partial charge in [-0.15, -0.1) is 0 Å². The molecule has 0 radical (unpaired) electrons. The number of rotatable bonds is 7. The van der Waals surface area contributed by atoms with E-state index in [0.29, 0.717) is 5.92 Å². The highest BCUT2D eigenvalue weighted by Gasteiger charge is 2.19. The highest BCUT2D eigenvalue weighted by Crippen LogP contribution is 2.10. The lowest BCUT2D eigenvalue weighted by Crippen LogP contribution is -2.35. The first-order valence-corrected chi connectivity index (χ1v) is 8.00. The van der Waals surface area contributed by atoms with Crippen LogP contribution in [-0.4, -0.2) is 19.4 Å². The molecule has 1 aromatic heterocycles. The minimum Gasteiger partial charge on any atom is -0.366 e. The normalized spacial score (nSPS) is 13.7. The Kier molecular flexibility index (Phi) is 5.75. The standard InChI is InChI=1S/C13H22N2O3S/c1-10(2)5-4-6-11(3)15-19(17,18)13-9-14-8-7-12(13)16/h7-11,15H,4-6H2,1-3H3,(H,14,16). The van der Waals surface area contributed by atoms with Crippen molar-refractivity contribution in [1.29, 1.82) is 0 Å². The summed E-state index contributed by atoms with van der Waals surface area (Å²) in [6.07, 6.45) is 5.42. The van der Waals surface area contributed by atoms with Gasteiger partial charge in [0.25, 0.3) is 0 Å². The van der Waals surface area contributed by atoms with Gasteiger partial charge in [0.1, 0.15) is 4.90 Å². The highest BCUT2D eigenvalue weighted by molar-refractivity contribution is 7.89. The molecule has 0 amide bonds. The van der Waals surface area contributed by atoms with E-state index in [0.717, 1.165) is 19.3 Å². The topological polar surface area (TPSA) is 79.0 Å². The van der Waals surface area contributed by atoms with E-state index in [1.807, 2.05) is 6.92 Å². The fourth-order valence-electron chi connectivity index (χ4n) is 1.83. The zero-order valence-electron chi connectivity index (χ0n) is 11.6. The van der Waals surface area contributed by atoms with Crippen LogP contribution in [0.1, 0.15) is 40.0 Å². The van der Waals surface area contributed by atoms with Gasteiger partial charge in [-0.05, 0) is 19.3 Å². The van der Waals surface area contributed by atoms with Crippen molar-refractivity contribution >= 4 is 10.0 Å². The maximum absolute atomic E-state index is 12.0. The zero-order valence-corrected chi connectivity index (χ0v) is 12.5. The Balaban J connectivity index is 2.65. The smallest absolute Gasteiger partial charge is 0.246 e. The molecular formula is C13H22N2O3S. The molecule has 1 aromatic rings. The van der Waals surface area contributed by atoms with Crippen molar-refractivity contribution in [3.63, 3.8) is 0 Å². The number of aromatic nitrogens is 1. The lowest BCUT2D eigenvalue weighted by Gasteiger charge is -2.14. The highest BCUT2D eigenvalue weighted by atomic mass is 32.2. The van der Waals surface area contributed by atoms with E-state index in [-0.39, 0.29) is 10.9 Å². The van der Waals surface area contributed by atoms with Crippen LogP contribution in [0.2, 0.25) is 0 Å². The van der Waals surface area contributed by atoms with Crippen molar-refractivity contribution in [3.8, 4) is 0 Å². The molecule has 0 aliphatic carbocycles. The second kappa shape index (κ2) is 6.86. The summed E-state index contributed by atoms with van der Waals surface area (Å²) >= 11 is 0. The van der Waals surface area contributed by atoms with E-state index in [9.17, 15) is 13.2 Å². The van der Waals surface area contributed by atoms with Gasteiger partial charge in [-0.25, -0.2) is 13.1 Å². The minimum atomic E-state index is -3.73. The molecule has 6 heteroatoms. The first kappa shape index (κ1) is 15.9. The summed E-state index contributed by atoms with van der Waals surface area (Å²) in [4.78, 5) is 13.9. The third-order valence-electron chi connectivity index (χ3n) is 2.85. The fraction of sp³-hybridized carbons (Fsp3) is 0.615. The molecule has 5 nitrogen and oxygen atoms in total. The Morgan fingerprint density at radius 2 is 1.95 bits per heavy atom. The van der Waals surface area contributed by atoms with Gasteiger partial charge in [-0.1, -0.05) is 26.7 Å². The molecule has 1 atom stereocenters. The van der Waals surface area contributed by atoms with E-state index >= 15 is 0 Å².